The van der Waals surface area contributed by atoms with Gasteiger partial charge in [-0.05, 0) is 37.5 Å². The van der Waals surface area contributed by atoms with Crippen LogP contribution in [0.5, 0.6) is 0 Å². The van der Waals surface area contributed by atoms with E-state index in [9.17, 15) is 0 Å². The molecule has 1 N–H and O–H groups in total. The zero-order chi connectivity index (χ0) is 11.2. The van der Waals surface area contributed by atoms with E-state index >= 15 is 0 Å². The van der Waals surface area contributed by atoms with E-state index in [-0.39, 0.29) is 0 Å². The van der Waals surface area contributed by atoms with Gasteiger partial charge in [-0.25, -0.2) is 0 Å². The molecule has 0 bridgehead atoms. The summed E-state index contributed by atoms with van der Waals surface area (Å²) in [5, 5.41) is 12.1. The Morgan fingerprint density at radius 2 is 2.38 bits per heavy atom. The van der Waals surface area contributed by atoms with Crippen molar-refractivity contribution < 1.29 is 4.74 Å². The standard InChI is InChI=1S/C13H16N2O/c14-9-11-4-3-5-12(8-11)15-10-13-6-1-2-7-16-13/h3-5,8,13,15H,1-2,6-7,10H2. The summed E-state index contributed by atoms with van der Waals surface area (Å²) in [7, 11) is 0. The van der Waals surface area contributed by atoms with E-state index in [4.69, 9.17) is 10.00 Å². The van der Waals surface area contributed by atoms with Crippen LogP contribution < -0.4 is 5.32 Å². The molecule has 1 saturated heterocycles. The normalized spacial score (nSPS) is 20.1. The van der Waals surface area contributed by atoms with Gasteiger partial charge in [-0.3, -0.25) is 0 Å². The fraction of sp³-hybridized carbons (Fsp3) is 0.462. The van der Waals surface area contributed by atoms with Gasteiger partial charge in [-0.1, -0.05) is 6.07 Å². The lowest BCUT2D eigenvalue weighted by Gasteiger charge is -2.23. The van der Waals surface area contributed by atoms with E-state index in [1.165, 1.54) is 12.8 Å². The van der Waals surface area contributed by atoms with Gasteiger partial charge in [0, 0.05) is 18.8 Å². The van der Waals surface area contributed by atoms with Crippen molar-refractivity contribution in [3.05, 3.63) is 29.8 Å². The molecule has 1 aromatic rings. The van der Waals surface area contributed by atoms with Crippen LogP contribution in [0.25, 0.3) is 0 Å². The highest BCUT2D eigenvalue weighted by Gasteiger charge is 2.12. The molecule has 0 amide bonds. The summed E-state index contributed by atoms with van der Waals surface area (Å²) in [5.74, 6) is 0. The van der Waals surface area contributed by atoms with E-state index in [1.807, 2.05) is 24.3 Å². The van der Waals surface area contributed by atoms with Gasteiger partial charge in [0.05, 0.1) is 17.7 Å². The number of nitrogens with zero attached hydrogens (tertiary/aromatic N) is 1. The van der Waals surface area contributed by atoms with Crippen LogP contribution in [0.4, 0.5) is 5.69 Å². The lowest BCUT2D eigenvalue weighted by atomic mass is 10.1. The Morgan fingerprint density at radius 3 is 3.12 bits per heavy atom. The number of hydrogen-bond acceptors (Lipinski definition) is 3. The van der Waals surface area contributed by atoms with E-state index in [1.54, 1.807) is 0 Å². The molecule has 1 aliphatic heterocycles. The van der Waals surface area contributed by atoms with Crippen LogP contribution in [0.2, 0.25) is 0 Å². The summed E-state index contributed by atoms with van der Waals surface area (Å²) >= 11 is 0. The maximum atomic E-state index is 8.78. The van der Waals surface area contributed by atoms with Crippen molar-refractivity contribution in [2.24, 2.45) is 0 Å². The first-order valence-corrected chi connectivity index (χ1v) is 5.74. The van der Waals surface area contributed by atoms with Gasteiger partial charge in [0.2, 0.25) is 0 Å². The zero-order valence-corrected chi connectivity index (χ0v) is 9.28. The summed E-state index contributed by atoms with van der Waals surface area (Å²) in [5.41, 5.74) is 1.68. The smallest absolute Gasteiger partial charge is 0.0992 e. The predicted molar refractivity (Wildman–Crippen MR) is 63.2 cm³/mol. The molecule has 1 fully saturated rings. The fourth-order valence-electron chi connectivity index (χ4n) is 1.90. The molecule has 1 unspecified atom stereocenters. The third kappa shape index (κ3) is 2.98. The topological polar surface area (TPSA) is 45.0 Å². The van der Waals surface area contributed by atoms with Gasteiger partial charge < -0.3 is 10.1 Å². The Bertz CT molecular complexity index is 378. The Kier molecular flexibility index (Phi) is 3.79. The maximum Gasteiger partial charge on any atom is 0.0992 e. The van der Waals surface area contributed by atoms with Crippen LogP contribution in [-0.4, -0.2) is 19.3 Å². The predicted octanol–water partition coefficient (Wildman–Crippen LogP) is 2.54. The molecule has 0 spiro atoms. The third-order valence-corrected chi connectivity index (χ3v) is 2.80. The van der Waals surface area contributed by atoms with Gasteiger partial charge >= 0.3 is 0 Å². The largest absolute Gasteiger partial charge is 0.382 e. The number of nitriles is 1. The van der Waals surface area contributed by atoms with E-state index < -0.39 is 0 Å². The van der Waals surface area contributed by atoms with Crippen LogP contribution in [0.15, 0.2) is 24.3 Å². The fourth-order valence-corrected chi connectivity index (χ4v) is 1.90. The molecule has 84 valence electrons. The molecule has 3 nitrogen and oxygen atoms in total. The Labute approximate surface area is 96.0 Å². The number of hydrogen-bond donors (Lipinski definition) is 1. The minimum absolute atomic E-state index is 0.319. The average molecular weight is 216 g/mol. The van der Waals surface area contributed by atoms with Crippen LogP contribution >= 0.6 is 0 Å². The van der Waals surface area contributed by atoms with Gasteiger partial charge in [0.25, 0.3) is 0 Å². The molecule has 1 aromatic carbocycles. The first kappa shape index (κ1) is 11.0. The van der Waals surface area contributed by atoms with Crippen molar-refractivity contribution in [1.82, 2.24) is 0 Å². The van der Waals surface area contributed by atoms with Crippen molar-refractivity contribution in [2.45, 2.75) is 25.4 Å². The summed E-state index contributed by atoms with van der Waals surface area (Å²) in [6.07, 6.45) is 3.88. The highest BCUT2D eigenvalue weighted by molar-refractivity contribution is 5.49. The monoisotopic (exact) mass is 216 g/mol. The van der Waals surface area contributed by atoms with E-state index in [0.717, 1.165) is 25.3 Å². The van der Waals surface area contributed by atoms with Crippen molar-refractivity contribution in [1.29, 1.82) is 5.26 Å². The second-order valence-corrected chi connectivity index (χ2v) is 4.06. The Hall–Kier alpha value is -1.53. The molecule has 0 radical (unpaired) electrons. The summed E-state index contributed by atoms with van der Waals surface area (Å²) in [6.45, 7) is 1.71. The Balaban J connectivity index is 1.86. The second-order valence-electron chi connectivity index (χ2n) is 4.06. The molecular weight excluding hydrogens is 200 g/mol. The minimum Gasteiger partial charge on any atom is -0.382 e. The third-order valence-electron chi connectivity index (χ3n) is 2.80. The number of rotatable bonds is 3. The average Bonchev–Trinajstić information content (AvgIpc) is 2.38. The van der Waals surface area contributed by atoms with E-state index in [2.05, 4.69) is 11.4 Å². The van der Waals surface area contributed by atoms with Crippen LogP contribution in [0, 0.1) is 11.3 Å². The molecule has 1 heterocycles. The summed E-state index contributed by atoms with van der Waals surface area (Å²) in [4.78, 5) is 0. The van der Waals surface area contributed by atoms with Crippen molar-refractivity contribution >= 4 is 5.69 Å². The molecule has 0 aromatic heterocycles. The SMILES string of the molecule is N#Cc1cccc(NCC2CCCCO2)c1. The highest BCUT2D eigenvalue weighted by Crippen LogP contribution is 2.15. The minimum atomic E-state index is 0.319. The lowest BCUT2D eigenvalue weighted by molar-refractivity contribution is 0.0247. The van der Waals surface area contributed by atoms with Gasteiger partial charge in [-0.2, -0.15) is 5.26 Å². The van der Waals surface area contributed by atoms with E-state index in [0.29, 0.717) is 11.7 Å². The first-order valence-electron chi connectivity index (χ1n) is 5.74. The molecule has 1 atom stereocenters. The molecule has 2 rings (SSSR count). The molecule has 1 aliphatic rings. The maximum absolute atomic E-state index is 8.78. The van der Waals surface area contributed by atoms with Crippen LogP contribution in [0.1, 0.15) is 24.8 Å². The lowest BCUT2D eigenvalue weighted by Crippen LogP contribution is -2.26. The molecule has 0 aliphatic carbocycles. The Morgan fingerprint density at radius 1 is 1.44 bits per heavy atom. The second kappa shape index (κ2) is 5.53. The molecular formula is C13H16N2O. The highest BCUT2D eigenvalue weighted by atomic mass is 16.5. The van der Waals surface area contributed by atoms with Crippen molar-refractivity contribution in [3.8, 4) is 6.07 Å². The van der Waals surface area contributed by atoms with Gasteiger partial charge in [0.15, 0.2) is 0 Å². The van der Waals surface area contributed by atoms with Crippen LogP contribution in [-0.2, 0) is 4.74 Å². The summed E-state index contributed by atoms with van der Waals surface area (Å²) in [6, 6.07) is 9.67. The molecule has 16 heavy (non-hydrogen) atoms. The van der Waals surface area contributed by atoms with Gasteiger partial charge in [-0.15, -0.1) is 0 Å². The number of benzene rings is 1. The number of anilines is 1. The van der Waals surface area contributed by atoms with Crippen molar-refractivity contribution in [3.63, 3.8) is 0 Å². The number of nitrogens with one attached hydrogen (secondary N) is 1. The first-order chi connectivity index (χ1) is 7.88. The zero-order valence-electron chi connectivity index (χ0n) is 9.28. The van der Waals surface area contributed by atoms with Crippen LogP contribution in [0.3, 0.4) is 0 Å². The quantitative estimate of drug-likeness (QED) is 0.844. The number of ether oxygens (including phenoxy) is 1. The molecule has 3 heteroatoms. The van der Waals surface area contributed by atoms with Crippen molar-refractivity contribution in [2.75, 3.05) is 18.5 Å². The summed E-state index contributed by atoms with van der Waals surface area (Å²) < 4.78 is 5.63. The molecule has 0 saturated carbocycles. The van der Waals surface area contributed by atoms with Gasteiger partial charge in [0.1, 0.15) is 0 Å².